The summed E-state index contributed by atoms with van der Waals surface area (Å²) < 4.78 is 19.1. The van der Waals surface area contributed by atoms with Crippen LogP contribution in [0.4, 0.5) is 0 Å². The van der Waals surface area contributed by atoms with Crippen molar-refractivity contribution in [3.8, 4) is 23.1 Å². The summed E-state index contributed by atoms with van der Waals surface area (Å²) in [7, 11) is 0. The van der Waals surface area contributed by atoms with Gasteiger partial charge in [-0.25, -0.2) is 4.98 Å². The Labute approximate surface area is 265 Å². The van der Waals surface area contributed by atoms with E-state index in [1.165, 1.54) is 10.9 Å². The molecule has 0 aliphatic heterocycles. The fourth-order valence-electron chi connectivity index (χ4n) is 4.49. The highest BCUT2D eigenvalue weighted by Gasteiger charge is 2.18. The standard InChI is InChI=1S/C32H21Cl4N3O4/c1-2-41-28-12-18(11-25(36)30(28)42-17-19-7-8-22(34)15-24(19)35)16-37-39-31(38-26-6-4-3-5-23(26)32(39)40)29-14-20-13-21(33)9-10-27(20)43-29/h3-16H,2,17H2,1H3. The number of hydrogen-bond donors (Lipinski definition) is 0. The molecule has 7 nitrogen and oxygen atoms in total. The van der Waals surface area contributed by atoms with Crippen LogP contribution in [0.2, 0.25) is 20.1 Å². The molecule has 0 aliphatic rings. The second kappa shape index (κ2) is 12.3. The van der Waals surface area contributed by atoms with Crippen LogP contribution < -0.4 is 15.0 Å². The minimum absolute atomic E-state index is 0.146. The van der Waals surface area contributed by atoms with E-state index in [2.05, 4.69) is 5.10 Å². The maximum Gasteiger partial charge on any atom is 0.282 e. The van der Waals surface area contributed by atoms with Crippen molar-refractivity contribution in [3.05, 3.63) is 120 Å². The fourth-order valence-corrected chi connectivity index (χ4v) is 5.41. The summed E-state index contributed by atoms with van der Waals surface area (Å²) in [6.07, 6.45) is 1.50. The van der Waals surface area contributed by atoms with Crippen LogP contribution in [0.15, 0.2) is 93.2 Å². The minimum Gasteiger partial charge on any atom is -0.490 e. The lowest BCUT2D eigenvalue weighted by atomic mass is 10.2. The van der Waals surface area contributed by atoms with E-state index in [1.54, 1.807) is 72.8 Å². The topological polar surface area (TPSA) is 78.9 Å². The highest BCUT2D eigenvalue weighted by molar-refractivity contribution is 6.35. The Morgan fingerprint density at radius 3 is 2.51 bits per heavy atom. The van der Waals surface area contributed by atoms with Crippen LogP contribution in [0.5, 0.6) is 11.5 Å². The van der Waals surface area contributed by atoms with E-state index >= 15 is 0 Å². The lowest BCUT2D eigenvalue weighted by Gasteiger charge is -2.15. The predicted octanol–water partition coefficient (Wildman–Crippen LogP) is 9.28. The third-order valence-electron chi connectivity index (χ3n) is 6.49. The molecule has 0 N–H and O–H groups in total. The van der Waals surface area contributed by atoms with Gasteiger partial charge in [-0.2, -0.15) is 9.78 Å². The second-order valence-electron chi connectivity index (χ2n) is 9.39. The molecule has 11 heteroatoms. The summed E-state index contributed by atoms with van der Waals surface area (Å²) in [4.78, 5) is 18.3. The minimum atomic E-state index is -0.369. The van der Waals surface area contributed by atoms with Gasteiger partial charge in [-0.15, -0.1) is 0 Å². The third kappa shape index (κ3) is 6.08. The molecule has 4 aromatic carbocycles. The third-order valence-corrected chi connectivity index (χ3v) is 7.60. The van der Waals surface area contributed by atoms with E-state index in [1.807, 2.05) is 13.0 Å². The summed E-state index contributed by atoms with van der Waals surface area (Å²) >= 11 is 25.1. The van der Waals surface area contributed by atoms with Crippen molar-refractivity contribution in [1.82, 2.24) is 9.66 Å². The van der Waals surface area contributed by atoms with Crippen LogP contribution in [0, 0.1) is 0 Å². The molecular formula is C32H21Cl4N3O4. The number of halogens is 4. The van der Waals surface area contributed by atoms with Gasteiger partial charge in [0.2, 0.25) is 5.82 Å². The van der Waals surface area contributed by atoms with Crippen molar-refractivity contribution in [3.63, 3.8) is 0 Å². The van der Waals surface area contributed by atoms with Crippen LogP contribution in [0.1, 0.15) is 18.1 Å². The van der Waals surface area contributed by atoms with Gasteiger partial charge in [-0.3, -0.25) is 4.79 Å². The van der Waals surface area contributed by atoms with Crippen molar-refractivity contribution in [2.75, 3.05) is 6.61 Å². The number of furan rings is 1. The Bertz CT molecular complexity index is 2090. The molecule has 43 heavy (non-hydrogen) atoms. The molecule has 6 aromatic rings. The number of ether oxygens (including phenoxy) is 2. The Morgan fingerprint density at radius 2 is 1.70 bits per heavy atom. The van der Waals surface area contributed by atoms with Crippen molar-refractivity contribution in [1.29, 1.82) is 0 Å². The molecule has 0 amide bonds. The Balaban J connectivity index is 1.40. The SMILES string of the molecule is CCOc1cc(C=Nn2c(-c3cc4cc(Cl)ccc4o3)nc3ccccc3c2=O)cc(Cl)c1OCc1ccc(Cl)cc1Cl. The molecule has 0 atom stereocenters. The maximum atomic E-state index is 13.6. The van der Waals surface area contributed by atoms with E-state index in [9.17, 15) is 4.79 Å². The molecule has 2 heterocycles. The Hall–Kier alpha value is -4.01. The van der Waals surface area contributed by atoms with Gasteiger partial charge in [0.05, 0.1) is 28.7 Å². The van der Waals surface area contributed by atoms with Gasteiger partial charge in [-0.1, -0.05) is 64.6 Å². The van der Waals surface area contributed by atoms with Crippen molar-refractivity contribution in [2.24, 2.45) is 5.10 Å². The average Bonchev–Trinajstić information content (AvgIpc) is 3.40. The molecule has 0 bridgehead atoms. The van der Waals surface area contributed by atoms with Crippen LogP contribution >= 0.6 is 46.4 Å². The molecule has 0 fully saturated rings. The largest absolute Gasteiger partial charge is 0.490 e. The first kappa shape index (κ1) is 29.1. The van der Waals surface area contributed by atoms with E-state index in [0.29, 0.717) is 61.0 Å². The molecule has 0 unspecified atom stereocenters. The van der Waals surface area contributed by atoms with E-state index < -0.39 is 0 Å². The normalized spacial score (nSPS) is 11.6. The molecule has 0 radical (unpaired) electrons. The van der Waals surface area contributed by atoms with Crippen LogP contribution in [0.25, 0.3) is 33.5 Å². The molecule has 216 valence electrons. The summed E-state index contributed by atoms with van der Waals surface area (Å²) in [5.74, 6) is 1.33. The van der Waals surface area contributed by atoms with E-state index in [0.717, 1.165) is 10.9 Å². The zero-order chi connectivity index (χ0) is 30.1. The quantitative estimate of drug-likeness (QED) is 0.153. The van der Waals surface area contributed by atoms with Crippen LogP contribution in [-0.4, -0.2) is 22.5 Å². The molecular weight excluding hydrogens is 632 g/mol. The van der Waals surface area contributed by atoms with Crippen molar-refractivity contribution in [2.45, 2.75) is 13.5 Å². The Kier molecular flexibility index (Phi) is 8.32. The summed E-state index contributed by atoms with van der Waals surface area (Å²) in [5, 5.41) is 7.54. The molecule has 2 aromatic heterocycles. The monoisotopic (exact) mass is 651 g/mol. The van der Waals surface area contributed by atoms with Crippen LogP contribution in [-0.2, 0) is 6.61 Å². The molecule has 0 spiro atoms. The van der Waals surface area contributed by atoms with Gasteiger partial charge >= 0.3 is 0 Å². The first-order chi connectivity index (χ1) is 20.8. The smallest absolute Gasteiger partial charge is 0.282 e. The molecule has 0 saturated carbocycles. The highest BCUT2D eigenvalue weighted by atomic mass is 35.5. The zero-order valence-electron chi connectivity index (χ0n) is 22.5. The number of benzene rings is 4. The maximum absolute atomic E-state index is 13.6. The molecule has 6 rings (SSSR count). The van der Waals surface area contributed by atoms with Gasteiger partial charge in [0, 0.05) is 26.0 Å². The lowest BCUT2D eigenvalue weighted by Crippen LogP contribution is -2.20. The summed E-state index contributed by atoms with van der Waals surface area (Å²) in [6.45, 7) is 2.36. The number of aromatic nitrogens is 2. The van der Waals surface area contributed by atoms with Crippen LogP contribution in [0.3, 0.4) is 0 Å². The first-order valence-corrected chi connectivity index (χ1v) is 14.6. The van der Waals surface area contributed by atoms with Gasteiger partial charge < -0.3 is 13.9 Å². The second-order valence-corrected chi connectivity index (χ2v) is 11.1. The molecule has 0 saturated heterocycles. The summed E-state index contributed by atoms with van der Waals surface area (Å²) in [6, 6.07) is 22.6. The average molecular weight is 653 g/mol. The summed E-state index contributed by atoms with van der Waals surface area (Å²) in [5.41, 5.74) is 2.04. The number of hydrogen-bond acceptors (Lipinski definition) is 6. The van der Waals surface area contributed by atoms with Gasteiger partial charge in [-0.05, 0) is 73.2 Å². The lowest BCUT2D eigenvalue weighted by molar-refractivity contribution is 0.269. The zero-order valence-corrected chi connectivity index (χ0v) is 25.5. The van der Waals surface area contributed by atoms with Crippen molar-refractivity contribution < 1.29 is 13.9 Å². The number of fused-ring (bicyclic) bond motifs is 2. The van der Waals surface area contributed by atoms with Gasteiger partial charge in [0.1, 0.15) is 12.2 Å². The van der Waals surface area contributed by atoms with Crippen molar-refractivity contribution >= 4 is 74.5 Å². The number of para-hydroxylation sites is 1. The predicted molar refractivity (Wildman–Crippen MR) is 173 cm³/mol. The van der Waals surface area contributed by atoms with E-state index in [-0.39, 0.29) is 23.0 Å². The first-order valence-electron chi connectivity index (χ1n) is 13.1. The number of nitrogens with zero attached hydrogens (tertiary/aromatic N) is 3. The number of rotatable bonds is 8. The Morgan fingerprint density at radius 1 is 0.907 bits per heavy atom. The fraction of sp³-hybridized carbons (Fsp3) is 0.0938. The molecule has 0 aliphatic carbocycles. The van der Waals surface area contributed by atoms with Gasteiger partial charge in [0.15, 0.2) is 17.3 Å². The van der Waals surface area contributed by atoms with E-state index in [4.69, 9.17) is 65.3 Å². The highest BCUT2D eigenvalue weighted by Crippen LogP contribution is 2.37. The van der Waals surface area contributed by atoms with Gasteiger partial charge in [0.25, 0.3) is 5.56 Å².